The molecule has 0 heterocycles. The minimum Gasteiger partial charge on any atom is -0.505 e. The van der Waals surface area contributed by atoms with Gasteiger partial charge in [0.2, 0.25) is 5.91 Å². The molecule has 5 N–H and O–H groups in total. The molecule has 0 bridgehead atoms. The maximum absolute atomic E-state index is 14.0. The van der Waals surface area contributed by atoms with Gasteiger partial charge in [-0.15, -0.1) is 0 Å². The smallest absolute Gasteiger partial charge is 0.412 e. The molecule has 8 nitrogen and oxygen atoms in total. The van der Waals surface area contributed by atoms with Gasteiger partial charge in [-0.1, -0.05) is 31.2 Å². The van der Waals surface area contributed by atoms with E-state index in [0.29, 0.717) is 22.6 Å². The molecule has 0 unspecified atom stereocenters. The van der Waals surface area contributed by atoms with Crippen LogP contribution in [0, 0.1) is 23.1 Å². The summed E-state index contributed by atoms with van der Waals surface area (Å²) >= 11 is 0. The van der Waals surface area contributed by atoms with Crippen LogP contribution in [-0.4, -0.2) is 17.1 Å². The van der Waals surface area contributed by atoms with Crippen molar-refractivity contribution in [3.05, 3.63) is 95.8 Å². The summed E-state index contributed by atoms with van der Waals surface area (Å²) in [6, 6.07) is 18.5. The van der Waals surface area contributed by atoms with Crippen LogP contribution in [0.15, 0.2) is 78.9 Å². The van der Waals surface area contributed by atoms with Crippen molar-refractivity contribution < 1.29 is 23.8 Å². The number of halogens is 1. The Hall–Kier alpha value is -4.84. The lowest BCUT2D eigenvalue weighted by Gasteiger charge is -2.23. The number of phenols is 1. The molecular weight excluding hydrogens is 451 g/mol. The number of nitrogens with zero attached hydrogens (tertiary/aromatic N) is 1. The third-order valence-corrected chi connectivity index (χ3v) is 5.04. The number of phenolic OH excluding ortho intramolecular Hbond substituents is 1. The Balaban J connectivity index is 1.76. The predicted octanol–water partition coefficient (Wildman–Crippen LogP) is 5.11. The molecule has 0 aliphatic carbocycles. The molecule has 0 saturated heterocycles. The number of para-hydroxylation sites is 2. The Labute approximate surface area is 201 Å². The first-order valence-electron chi connectivity index (χ1n) is 10.6. The van der Waals surface area contributed by atoms with Crippen LogP contribution >= 0.6 is 0 Å². The summed E-state index contributed by atoms with van der Waals surface area (Å²) < 4.78 is 19.6. The quantitative estimate of drug-likeness (QED) is 0.277. The topological polar surface area (TPSA) is 137 Å². The molecule has 178 valence electrons. The van der Waals surface area contributed by atoms with E-state index in [2.05, 4.69) is 10.6 Å². The molecule has 2 amide bonds. The average Bonchev–Trinajstić information content (AvgIpc) is 2.85. The number of benzene rings is 3. The largest absolute Gasteiger partial charge is 0.505 e. The molecule has 0 aliphatic rings. The number of aromatic hydroxyl groups is 1. The number of nitrogens with two attached hydrogens (primary N) is 1. The zero-order valence-corrected chi connectivity index (χ0v) is 18.7. The second kappa shape index (κ2) is 11.3. The lowest BCUT2D eigenvalue weighted by molar-refractivity contribution is -0.111. The van der Waals surface area contributed by atoms with Crippen LogP contribution in [0.5, 0.6) is 5.75 Å². The van der Waals surface area contributed by atoms with E-state index < -0.39 is 35.6 Å². The fourth-order valence-corrected chi connectivity index (χ4v) is 3.20. The number of hydrogen-bond donors (Lipinski definition) is 4. The first-order chi connectivity index (χ1) is 16.8. The van der Waals surface area contributed by atoms with Crippen LogP contribution in [0.3, 0.4) is 0 Å². The van der Waals surface area contributed by atoms with Crippen LogP contribution in [0.25, 0.3) is 0 Å². The van der Waals surface area contributed by atoms with E-state index >= 15 is 0 Å². The number of amides is 2. The number of hydrogen-bond acceptors (Lipinski definition) is 6. The third-order valence-electron chi connectivity index (χ3n) is 5.04. The number of nitrogens with one attached hydrogen (secondary N) is 2. The van der Waals surface area contributed by atoms with Gasteiger partial charge < -0.3 is 20.9 Å². The maximum atomic E-state index is 14.0. The Bertz CT molecular complexity index is 1290. The summed E-state index contributed by atoms with van der Waals surface area (Å²) in [5, 5.41) is 23.6. The Kier molecular flexibility index (Phi) is 8.03. The number of rotatable bonds is 7. The number of nitriles is 1. The Morgan fingerprint density at radius 1 is 1.11 bits per heavy atom. The third kappa shape index (κ3) is 6.82. The number of carbonyl (C=O) groups excluding carboxylic acids is 2. The van der Waals surface area contributed by atoms with Crippen molar-refractivity contribution in [2.75, 3.05) is 16.4 Å². The van der Waals surface area contributed by atoms with Gasteiger partial charge in [0.25, 0.3) is 0 Å². The van der Waals surface area contributed by atoms with Gasteiger partial charge in [0, 0.05) is 11.6 Å². The molecule has 0 saturated carbocycles. The number of ether oxygens (including phenoxy) is 1. The van der Waals surface area contributed by atoms with Gasteiger partial charge in [-0.05, 0) is 60.2 Å². The summed E-state index contributed by atoms with van der Waals surface area (Å²) in [7, 11) is 0. The first-order valence-corrected chi connectivity index (χ1v) is 10.6. The second-order valence-corrected chi connectivity index (χ2v) is 7.65. The standard InChI is InChI=1S/C26H23FN4O4/c1-16(6-13-24(33)31-22-5-3-2-4-21(22)29)25(18-9-12-23(32)20(27)14-18)35-26(34)30-19-10-7-17(15-28)8-11-19/h2-14,16,25,32H,29H2,1H3,(H,30,34)(H,31,33)/b13-6+/t16-,25+/m0/s1. The van der Waals surface area contributed by atoms with Crippen molar-refractivity contribution in [2.24, 2.45) is 5.92 Å². The van der Waals surface area contributed by atoms with Crippen LogP contribution in [0.1, 0.15) is 24.2 Å². The minimum atomic E-state index is -0.991. The summed E-state index contributed by atoms with van der Waals surface area (Å²) in [6.45, 7) is 1.69. The van der Waals surface area contributed by atoms with Crippen molar-refractivity contribution in [2.45, 2.75) is 13.0 Å². The van der Waals surface area contributed by atoms with Gasteiger partial charge in [-0.2, -0.15) is 5.26 Å². The summed E-state index contributed by atoms with van der Waals surface area (Å²) in [5.74, 6) is -2.44. The first kappa shape index (κ1) is 24.8. The van der Waals surface area contributed by atoms with Crippen molar-refractivity contribution >= 4 is 29.1 Å². The van der Waals surface area contributed by atoms with Gasteiger partial charge in [-0.25, -0.2) is 9.18 Å². The minimum absolute atomic E-state index is 0.278. The van der Waals surface area contributed by atoms with Crippen LogP contribution in [0.2, 0.25) is 0 Å². The maximum Gasteiger partial charge on any atom is 0.412 e. The van der Waals surface area contributed by atoms with E-state index in [1.165, 1.54) is 42.5 Å². The molecule has 0 aliphatic heterocycles. The normalized spacial score (nSPS) is 12.4. The monoisotopic (exact) mass is 474 g/mol. The zero-order valence-electron chi connectivity index (χ0n) is 18.7. The number of anilines is 3. The molecule has 2 atom stereocenters. The SMILES string of the molecule is C[C@@H](/C=C/C(=O)Nc1ccccc1N)[C@@H](OC(=O)Nc1ccc(C#N)cc1)c1ccc(O)c(F)c1. The Morgan fingerprint density at radius 2 is 1.83 bits per heavy atom. The molecule has 0 fully saturated rings. The second-order valence-electron chi connectivity index (χ2n) is 7.65. The van der Waals surface area contributed by atoms with Crippen LogP contribution in [0.4, 0.5) is 26.2 Å². The highest BCUT2D eigenvalue weighted by atomic mass is 19.1. The van der Waals surface area contributed by atoms with Crippen LogP contribution < -0.4 is 16.4 Å². The molecular formula is C26H23FN4O4. The molecule has 0 aromatic heterocycles. The molecule has 3 aromatic rings. The van der Waals surface area contributed by atoms with E-state index in [4.69, 9.17) is 15.7 Å². The zero-order chi connectivity index (χ0) is 25.4. The van der Waals surface area contributed by atoms with Crippen molar-refractivity contribution in [1.29, 1.82) is 5.26 Å². The van der Waals surface area contributed by atoms with Crippen molar-refractivity contribution in [3.63, 3.8) is 0 Å². The fraction of sp³-hybridized carbons (Fsp3) is 0.115. The average molecular weight is 474 g/mol. The molecule has 3 aromatic carbocycles. The van der Waals surface area contributed by atoms with Gasteiger partial charge in [0.05, 0.1) is 23.0 Å². The van der Waals surface area contributed by atoms with E-state index in [1.54, 1.807) is 31.2 Å². The highest BCUT2D eigenvalue weighted by Gasteiger charge is 2.24. The van der Waals surface area contributed by atoms with Crippen molar-refractivity contribution in [3.8, 4) is 11.8 Å². The summed E-state index contributed by atoms with van der Waals surface area (Å²) in [4.78, 5) is 24.9. The Morgan fingerprint density at radius 3 is 2.49 bits per heavy atom. The molecule has 0 radical (unpaired) electrons. The highest BCUT2D eigenvalue weighted by Crippen LogP contribution is 2.30. The highest BCUT2D eigenvalue weighted by molar-refractivity contribution is 6.01. The molecule has 9 heteroatoms. The van der Waals surface area contributed by atoms with E-state index in [0.717, 1.165) is 12.1 Å². The fourth-order valence-electron chi connectivity index (χ4n) is 3.20. The van der Waals surface area contributed by atoms with Gasteiger partial charge in [0.15, 0.2) is 11.6 Å². The van der Waals surface area contributed by atoms with E-state index in [-0.39, 0.29) is 5.56 Å². The molecule has 3 rings (SSSR count). The lowest BCUT2D eigenvalue weighted by Crippen LogP contribution is -2.21. The van der Waals surface area contributed by atoms with Gasteiger partial charge in [-0.3, -0.25) is 10.1 Å². The number of carbonyl (C=O) groups is 2. The predicted molar refractivity (Wildman–Crippen MR) is 130 cm³/mol. The van der Waals surface area contributed by atoms with E-state index in [9.17, 15) is 19.1 Å². The summed E-state index contributed by atoms with van der Waals surface area (Å²) in [5.41, 5.74) is 7.79. The molecule has 35 heavy (non-hydrogen) atoms. The number of nitrogen functional groups attached to an aromatic ring is 1. The van der Waals surface area contributed by atoms with E-state index in [1.807, 2.05) is 6.07 Å². The summed E-state index contributed by atoms with van der Waals surface area (Å²) in [6.07, 6.45) is 0.964. The van der Waals surface area contributed by atoms with Crippen molar-refractivity contribution in [1.82, 2.24) is 0 Å². The van der Waals surface area contributed by atoms with Gasteiger partial charge >= 0.3 is 6.09 Å². The molecule has 0 spiro atoms. The van der Waals surface area contributed by atoms with Gasteiger partial charge in [0.1, 0.15) is 6.10 Å². The lowest BCUT2D eigenvalue weighted by atomic mass is 9.96. The van der Waals surface area contributed by atoms with Crippen LogP contribution in [-0.2, 0) is 9.53 Å².